The van der Waals surface area contributed by atoms with Crippen molar-refractivity contribution in [2.75, 3.05) is 6.61 Å². The zero-order chi connectivity index (χ0) is 23.4. The highest BCUT2D eigenvalue weighted by Crippen LogP contribution is 2.23. The minimum absolute atomic E-state index is 0.00334. The minimum atomic E-state index is -3.15. The lowest BCUT2D eigenvalue weighted by Gasteiger charge is -2.32. The SMILES string of the molecule is CCCCCCCCCO[Si](Oc1cccc([N+](=O)[O-])c1)(c1ccccc1)c1ccccc1. The number of non-ortho nitro benzene ring substituents is 1. The summed E-state index contributed by atoms with van der Waals surface area (Å²) in [6.45, 7) is 2.81. The quantitative estimate of drug-likeness (QED) is 0.127. The normalized spacial score (nSPS) is 11.3. The average molecular weight is 464 g/mol. The van der Waals surface area contributed by atoms with Gasteiger partial charge in [-0.1, -0.05) is 112 Å². The molecule has 0 unspecified atom stereocenters. The van der Waals surface area contributed by atoms with Crippen molar-refractivity contribution in [3.05, 3.63) is 95.0 Å². The number of unbranched alkanes of at least 4 members (excludes halogenated alkanes) is 6. The second-order valence-electron chi connectivity index (χ2n) is 8.17. The molecule has 0 aliphatic carbocycles. The van der Waals surface area contributed by atoms with Crippen LogP contribution in [-0.4, -0.2) is 20.1 Å². The molecule has 0 radical (unpaired) electrons. The maximum Gasteiger partial charge on any atom is 0.468 e. The van der Waals surface area contributed by atoms with Gasteiger partial charge >= 0.3 is 8.56 Å². The first-order valence-corrected chi connectivity index (χ1v) is 13.7. The van der Waals surface area contributed by atoms with Gasteiger partial charge < -0.3 is 8.85 Å². The molecule has 3 aromatic carbocycles. The van der Waals surface area contributed by atoms with Crippen LogP contribution in [0.4, 0.5) is 5.69 Å². The van der Waals surface area contributed by atoms with Crippen molar-refractivity contribution in [3.8, 4) is 5.75 Å². The molecule has 5 nitrogen and oxygen atoms in total. The van der Waals surface area contributed by atoms with Gasteiger partial charge in [0.1, 0.15) is 5.75 Å². The fourth-order valence-electron chi connectivity index (χ4n) is 3.90. The molecular weight excluding hydrogens is 430 g/mol. The van der Waals surface area contributed by atoms with Gasteiger partial charge in [-0.25, -0.2) is 0 Å². The van der Waals surface area contributed by atoms with Crippen molar-refractivity contribution in [2.24, 2.45) is 0 Å². The third kappa shape index (κ3) is 7.01. The molecule has 0 fully saturated rings. The third-order valence-electron chi connectivity index (χ3n) is 5.65. The largest absolute Gasteiger partial charge is 0.514 e. The molecule has 0 heterocycles. The van der Waals surface area contributed by atoms with E-state index in [9.17, 15) is 10.1 Å². The first-order chi connectivity index (χ1) is 16.2. The molecule has 0 aliphatic heterocycles. The van der Waals surface area contributed by atoms with Crippen LogP contribution < -0.4 is 14.8 Å². The molecule has 3 rings (SSSR count). The topological polar surface area (TPSA) is 61.6 Å². The van der Waals surface area contributed by atoms with Gasteiger partial charge in [-0.3, -0.25) is 10.1 Å². The molecule has 0 spiro atoms. The van der Waals surface area contributed by atoms with Crippen LogP contribution in [0.3, 0.4) is 0 Å². The van der Waals surface area contributed by atoms with Crippen LogP contribution in [0.25, 0.3) is 0 Å². The summed E-state index contributed by atoms with van der Waals surface area (Å²) < 4.78 is 13.3. The summed E-state index contributed by atoms with van der Waals surface area (Å²) in [6, 6.07) is 26.3. The Kier molecular flexibility index (Phi) is 9.66. The molecular formula is C27H33NO4Si. The van der Waals surface area contributed by atoms with Gasteiger partial charge in [-0.05, 0) is 12.5 Å². The van der Waals surface area contributed by atoms with Crippen LogP contribution in [0.5, 0.6) is 5.75 Å². The van der Waals surface area contributed by atoms with E-state index in [0.717, 1.165) is 23.2 Å². The lowest BCUT2D eigenvalue weighted by Crippen LogP contribution is -2.66. The van der Waals surface area contributed by atoms with Crippen LogP contribution >= 0.6 is 0 Å². The number of benzene rings is 3. The number of hydrogen-bond acceptors (Lipinski definition) is 4. The summed E-state index contributed by atoms with van der Waals surface area (Å²) >= 11 is 0. The van der Waals surface area contributed by atoms with Crippen molar-refractivity contribution in [2.45, 2.75) is 51.9 Å². The van der Waals surface area contributed by atoms with E-state index in [4.69, 9.17) is 8.85 Å². The fraction of sp³-hybridized carbons (Fsp3) is 0.333. The van der Waals surface area contributed by atoms with Crippen molar-refractivity contribution in [3.63, 3.8) is 0 Å². The van der Waals surface area contributed by atoms with E-state index in [1.165, 1.54) is 44.2 Å². The van der Waals surface area contributed by atoms with E-state index >= 15 is 0 Å². The van der Waals surface area contributed by atoms with Crippen LogP contribution in [0.1, 0.15) is 51.9 Å². The van der Waals surface area contributed by atoms with E-state index in [0.29, 0.717) is 12.4 Å². The van der Waals surface area contributed by atoms with E-state index in [1.807, 2.05) is 60.7 Å². The number of nitro benzene ring substituents is 1. The minimum Gasteiger partial charge on any atom is -0.514 e. The predicted molar refractivity (Wildman–Crippen MR) is 136 cm³/mol. The molecule has 0 saturated carbocycles. The number of nitrogens with zero attached hydrogens (tertiary/aromatic N) is 1. The van der Waals surface area contributed by atoms with E-state index in [-0.39, 0.29) is 5.69 Å². The van der Waals surface area contributed by atoms with Crippen molar-refractivity contribution in [1.29, 1.82) is 0 Å². The number of rotatable bonds is 14. The van der Waals surface area contributed by atoms with Crippen molar-refractivity contribution >= 4 is 24.6 Å². The van der Waals surface area contributed by atoms with E-state index in [2.05, 4.69) is 6.92 Å². The monoisotopic (exact) mass is 463 g/mol. The summed E-state index contributed by atoms with van der Waals surface area (Å²) in [5.41, 5.74) is 0.00334. The summed E-state index contributed by atoms with van der Waals surface area (Å²) in [6.07, 6.45) is 8.39. The molecule has 0 atom stereocenters. The molecule has 174 valence electrons. The highest BCUT2D eigenvalue weighted by molar-refractivity contribution is 6.93. The molecule has 0 amide bonds. The standard InChI is InChI=1S/C27H33NO4Si/c1-2-3-4-5-6-7-14-22-31-33(26-18-10-8-11-19-26,27-20-12-9-13-21-27)32-25-17-15-16-24(23-25)28(29)30/h8-13,15-21,23H,2-7,14,22H2,1H3. The lowest BCUT2D eigenvalue weighted by atomic mass is 10.1. The Bertz CT molecular complexity index is 942. The molecule has 0 aromatic heterocycles. The molecule has 3 aromatic rings. The Morgan fingerprint density at radius 2 is 1.33 bits per heavy atom. The Hall–Kier alpha value is -2.96. The van der Waals surface area contributed by atoms with Gasteiger partial charge in [0.05, 0.1) is 11.0 Å². The Morgan fingerprint density at radius 1 is 0.758 bits per heavy atom. The highest BCUT2D eigenvalue weighted by Gasteiger charge is 2.45. The fourth-order valence-corrected chi connectivity index (χ4v) is 7.01. The zero-order valence-corrected chi connectivity index (χ0v) is 20.3. The maximum atomic E-state index is 11.3. The summed E-state index contributed by atoms with van der Waals surface area (Å²) in [5.74, 6) is 0.447. The van der Waals surface area contributed by atoms with Crippen LogP contribution in [0.2, 0.25) is 0 Å². The van der Waals surface area contributed by atoms with Crippen LogP contribution in [0.15, 0.2) is 84.9 Å². The van der Waals surface area contributed by atoms with Crippen LogP contribution in [-0.2, 0) is 4.43 Å². The summed E-state index contributed by atoms with van der Waals surface area (Å²) in [5, 5.41) is 13.3. The lowest BCUT2D eigenvalue weighted by molar-refractivity contribution is -0.384. The predicted octanol–water partition coefficient (Wildman–Crippen LogP) is 6.00. The molecule has 33 heavy (non-hydrogen) atoms. The zero-order valence-electron chi connectivity index (χ0n) is 19.3. The molecule has 0 N–H and O–H groups in total. The van der Waals surface area contributed by atoms with Gasteiger partial charge in [0.2, 0.25) is 0 Å². The molecule has 0 saturated heterocycles. The van der Waals surface area contributed by atoms with Gasteiger partial charge in [0.15, 0.2) is 0 Å². The first-order valence-electron chi connectivity index (χ1n) is 11.8. The Morgan fingerprint density at radius 3 is 1.91 bits per heavy atom. The summed E-state index contributed by atoms with van der Waals surface area (Å²) in [7, 11) is -3.15. The van der Waals surface area contributed by atoms with Gasteiger partial charge in [-0.2, -0.15) is 0 Å². The van der Waals surface area contributed by atoms with Gasteiger partial charge in [-0.15, -0.1) is 0 Å². The third-order valence-corrected chi connectivity index (χ3v) is 8.97. The first kappa shape index (κ1) is 24.7. The van der Waals surface area contributed by atoms with E-state index in [1.54, 1.807) is 12.1 Å². The van der Waals surface area contributed by atoms with Crippen molar-refractivity contribution in [1.82, 2.24) is 0 Å². The smallest absolute Gasteiger partial charge is 0.468 e. The average Bonchev–Trinajstić information content (AvgIpc) is 2.86. The van der Waals surface area contributed by atoms with E-state index < -0.39 is 13.5 Å². The number of hydrogen-bond donors (Lipinski definition) is 0. The summed E-state index contributed by atoms with van der Waals surface area (Å²) in [4.78, 5) is 10.9. The Balaban J connectivity index is 1.87. The maximum absolute atomic E-state index is 11.3. The second kappa shape index (κ2) is 12.9. The second-order valence-corrected chi connectivity index (χ2v) is 11.1. The van der Waals surface area contributed by atoms with Gasteiger partial charge in [0.25, 0.3) is 5.69 Å². The van der Waals surface area contributed by atoms with Gasteiger partial charge in [0, 0.05) is 23.0 Å². The molecule has 0 aliphatic rings. The van der Waals surface area contributed by atoms with Crippen LogP contribution in [0, 0.1) is 10.1 Å². The highest BCUT2D eigenvalue weighted by atomic mass is 28.4. The Labute approximate surface area is 197 Å². The number of nitro groups is 1. The molecule has 6 heteroatoms. The van der Waals surface area contributed by atoms with Crippen molar-refractivity contribution < 1.29 is 13.8 Å². The molecule has 0 bridgehead atoms.